The number of amides is 1. The van der Waals surface area contributed by atoms with Gasteiger partial charge in [0.25, 0.3) is 0 Å². The van der Waals surface area contributed by atoms with Crippen LogP contribution >= 0.6 is 27.3 Å². The van der Waals surface area contributed by atoms with E-state index in [0.29, 0.717) is 10.9 Å². The van der Waals surface area contributed by atoms with Crippen molar-refractivity contribution in [2.45, 2.75) is 12.8 Å². The van der Waals surface area contributed by atoms with Gasteiger partial charge in [0.2, 0.25) is 5.91 Å². The lowest BCUT2D eigenvalue weighted by Crippen LogP contribution is -2.33. The van der Waals surface area contributed by atoms with Crippen LogP contribution in [0.15, 0.2) is 16.6 Å². The van der Waals surface area contributed by atoms with E-state index >= 15 is 0 Å². The molecule has 1 aliphatic carbocycles. The molecule has 3 rings (SSSR count). The second-order valence-electron chi connectivity index (χ2n) is 5.23. The minimum Gasteiger partial charge on any atom is -0.465 e. The maximum absolute atomic E-state index is 12.4. The summed E-state index contributed by atoms with van der Waals surface area (Å²) in [6.07, 6.45) is 1.88. The molecular formula is C15H17BrN2O4S. The van der Waals surface area contributed by atoms with Crippen LogP contribution in [-0.2, 0) is 14.3 Å². The van der Waals surface area contributed by atoms with Gasteiger partial charge in [-0.2, -0.15) is 0 Å². The normalized spacial score (nSPS) is 14.2. The minimum atomic E-state index is 0.0735. The Balaban J connectivity index is 1.98. The summed E-state index contributed by atoms with van der Waals surface area (Å²) >= 11 is 4.89. The highest BCUT2D eigenvalue weighted by atomic mass is 79.9. The summed E-state index contributed by atoms with van der Waals surface area (Å²) in [5.41, 5.74) is 0.781. The average Bonchev–Trinajstić information content (AvgIpc) is 3.31. The second kappa shape index (κ2) is 7.12. The molecule has 1 aliphatic rings. The molecule has 0 N–H and O–H groups in total. The molecule has 0 bridgehead atoms. The van der Waals surface area contributed by atoms with Crippen LogP contribution in [0.2, 0.25) is 0 Å². The Labute approximate surface area is 146 Å². The Kier molecular flexibility index (Phi) is 5.15. The maximum atomic E-state index is 12.4. The minimum absolute atomic E-state index is 0.0735. The number of nitrogens with zero attached hydrogens (tertiary/aromatic N) is 2. The van der Waals surface area contributed by atoms with E-state index in [1.165, 1.54) is 11.3 Å². The third-order valence-electron chi connectivity index (χ3n) is 3.46. The number of carbonyl (C=O) groups is 1. The van der Waals surface area contributed by atoms with Gasteiger partial charge in [-0.05, 0) is 40.9 Å². The lowest BCUT2D eigenvalue weighted by atomic mass is 10.3. The zero-order valence-electron chi connectivity index (χ0n) is 12.9. The Morgan fingerprint density at radius 1 is 1.39 bits per heavy atom. The summed E-state index contributed by atoms with van der Waals surface area (Å²) < 4.78 is 17.5. The van der Waals surface area contributed by atoms with Crippen LogP contribution in [0.3, 0.4) is 0 Å². The SMILES string of the molecule is COCOc1c(Br)ccc2nc(N(COC)C(=O)C3CC3)sc12. The van der Waals surface area contributed by atoms with Crippen molar-refractivity contribution in [2.75, 3.05) is 32.6 Å². The van der Waals surface area contributed by atoms with Gasteiger partial charge in [-0.15, -0.1) is 0 Å². The summed E-state index contributed by atoms with van der Waals surface area (Å²) in [4.78, 5) is 18.6. The summed E-state index contributed by atoms with van der Waals surface area (Å²) in [7, 11) is 3.14. The molecule has 1 amide bonds. The fourth-order valence-corrected chi connectivity index (χ4v) is 3.83. The fraction of sp³-hybridized carbons (Fsp3) is 0.467. The lowest BCUT2D eigenvalue weighted by Gasteiger charge is -2.18. The van der Waals surface area contributed by atoms with Crippen LogP contribution in [0.4, 0.5) is 5.13 Å². The highest BCUT2D eigenvalue weighted by molar-refractivity contribution is 9.10. The summed E-state index contributed by atoms with van der Waals surface area (Å²) in [6.45, 7) is 0.346. The number of carbonyl (C=O) groups excluding carboxylic acids is 1. The summed E-state index contributed by atoms with van der Waals surface area (Å²) in [6, 6.07) is 3.77. The van der Waals surface area contributed by atoms with Gasteiger partial charge >= 0.3 is 0 Å². The van der Waals surface area contributed by atoms with Crippen molar-refractivity contribution in [3.05, 3.63) is 16.6 Å². The smallest absolute Gasteiger partial charge is 0.233 e. The molecular weight excluding hydrogens is 384 g/mol. The average molecular weight is 401 g/mol. The zero-order valence-corrected chi connectivity index (χ0v) is 15.3. The second-order valence-corrected chi connectivity index (χ2v) is 7.06. The Morgan fingerprint density at radius 2 is 2.17 bits per heavy atom. The number of rotatable bonds is 7. The van der Waals surface area contributed by atoms with Crippen molar-refractivity contribution < 1.29 is 19.0 Å². The number of thiazole rings is 1. The van der Waals surface area contributed by atoms with Crippen LogP contribution in [0.5, 0.6) is 5.75 Å². The fourth-order valence-electron chi connectivity index (χ4n) is 2.19. The van der Waals surface area contributed by atoms with Crippen LogP contribution in [-0.4, -0.2) is 38.6 Å². The Bertz CT molecular complexity index is 717. The van der Waals surface area contributed by atoms with E-state index in [0.717, 1.165) is 27.5 Å². The number of ether oxygens (including phenoxy) is 3. The monoisotopic (exact) mass is 400 g/mol. The molecule has 0 saturated heterocycles. The molecule has 0 unspecified atom stereocenters. The van der Waals surface area contributed by atoms with Crippen molar-refractivity contribution in [3.8, 4) is 5.75 Å². The van der Waals surface area contributed by atoms with Gasteiger partial charge in [0.05, 0.1) is 14.7 Å². The number of hydrogen-bond donors (Lipinski definition) is 0. The molecule has 1 saturated carbocycles. The van der Waals surface area contributed by atoms with Crippen LogP contribution in [0.1, 0.15) is 12.8 Å². The molecule has 1 aromatic carbocycles. The standard InChI is InChI=1S/C15H17BrN2O4S/c1-20-7-18(14(19)9-3-4-9)15-17-11-6-5-10(16)12(13(11)23-15)22-8-21-2/h5-6,9H,3-4,7-8H2,1-2H3. The molecule has 0 spiro atoms. The summed E-state index contributed by atoms with van der Waals surface area (Å²) in [5.74, 6) is 0.849. The van der Waals surface area contributed by atoms with Crippen molar-refractivity contribution >= 4 is 48.5 Å². The highest BCUT2D eigenvalue weighted by Gasteiger charge is 2.35. The zero-order chi connectivity index (χ0) is 16.4. The molecule has 0 aliphatic heterocycles. The van der Waals surface area contributed by atoms with Crippen molar-refractivity contribution in [1.29, 1.82) is 0 Å². The first-order valence-corrected chi connectivity index (χ1v) is 8.77. The number of methoxy groups -OCH3 is 2. The van der Waals surface area contributed by atoms with Gasteiger partial charge in [-0.1, -0.05) is 11.3 Å². The molecule has 1 fully saturated rings. The van der Waals surface area contributed by atoms with Crippen molar-refractivity contribution in [2.24, 2.45) is 5.92 Å². The highest BCUT2D eigenvalue weighted by Crippen LogP contribution is 2.41. The summed E-state index contributed by atoms with van der Waals surface area (Å²) in [5, 5.41) is 0.624. The Hall–Kier alpha value is -1.22. The molecule has 0 atom stereocenters. The number of aromatic nitrogens is 1. The largest absolute Gasteiger partial charge is 0.465 e. The molecule has 6 nitrogen and oxygen atoms in total. The predicted molar refractivity (Wildman–Crippen MR) is 91.9 cm³/mol. The quantitative estimate of drug-likeness (QED) is 0.666. The van der Waals surface area contributed by atoms with Crippen LogP contribution in [0, 0.1) is 5.92 Å². The molecule has 2 aromatic rings. The van der Waals surface area contributed by atoms with E-state index in [4.69, 9.17) is 14.2 Å². The lowest BCUT2D eigenvalue weighted by molar-refractivity contribution is -0.120. The molecule has 124 valence electrons. The third-order valence-corrected chi connectivity index (χ3v) is 5.17. The van der Waals surface area contributed by atoms with E-state index in [2.05, 4.69) is 20.9 Å². The van der Waals surface area contributed by atoms with Gasteiger partial charge in [-0.3, -0.25) is 9.69 Å². The first kappa shape index (κ1) is 16.6. The maximum Gasteiger partial charge on any atom is 0.233 e. The first-order chi connectivity index (χ1) is 11.2. The van der Waals surface area contributed by atoms with Gasteiger partial charge in [-0.25, -0.2) is 4.98 Å². The van der Waals surface area contributed by atoms with E-state index in [-0.39, 0.29) is 25.3 Å². The molecule has 1 aromatic heterocycles. The van der Waals surface area contributed by atoms with E-state index in [1.807, 2.05) is 12.1 Å². The number of hydrogen-bond acceptors (Lipinski definition) is 6. The molecule has 1 heterocycles. The molecule has 8 heteroatoms. The molecule has 23 heavy (non-hydrogen) atoms. The number of anilines is 1. The predicted octanol–water partition coefficient (Wildman–Crippen LogP) is 3.39. The molecule has 0 radical (unpaired) electrons. The number of fused-ring (bicyclic) bond motifs is 1. The number of halogens is 1. The van der Waals surface area contributed by atoms with E-state index < -0.39 is 0 Å². The number of benzene rings is 1. The topological polar surface area (TPSA) is 60.9 Å². The van der Waals surface area contributed by atoms with Crippen LogP contribution in [0.25, 0.3) is 10.2 Å². The first-order valence-electron chi connectivity index (χ1n) is 7.16. The van der Waals surface area contributed by atoms with E-state index in [1.54, 1.807) is 19.1 Å². The Morgan fingerprint density at radius 3 is 2.83 bits per heavy atom. The third kappa shape index (κ3) is 3.50. The van der Waals surface area contributed by atoms with Crippen molar-refractivity contribution in [1.82, 2.24) is 4.98 Å². The van der Waals surface area contributed by atoms with Crippen LogP contribution < -0.4 is 9.64 Å². The van der Waals surface area contributed by atoms with E-state index in [9.17, 15) is 4.79 Å². The van der Waals surface area contributed by atoms with Crippen molar-refractivity contribution in [3.63, 3.8) is 0 Å². The van der Waals surface area contributed by atoms with Gasteiger partial charge in [0, 0.05) is 20.1 Å². The van der Waals surface area contributed by atoms with Gasteiger partial charge in [0.1, 0.15) is 6.73 Å². The van der Waals surface area contributed by atoms with Gasteiger partial charge in [0.15, 0.2) is 17.7 Å². The van der Waals surface area contributed by atoms with Gasteiger partial charge < -0.3 is 14.2 Å².